The molecule has 0 saturated heterocycles. The number of aromatic amines is 1. The van der Waals surface area contributed by atoms with E-state index in [1.165, 1.54) is 7.11 Å². The van der Waals surface area contributed by atoms with Crippen LogP contribution in [0.25, 0.3) is 10.9 Å². The number of nitrogens with one attached hydrogen (secondary N) is 1. The number of carbonyl (C=O) groups is 2. The number of methoxy groups -OCH3 is 1. The molecule has 2 aromatic carbocycles. The molecule has 0 saturated carbocycles. The van der Waals surface area contributed by atoms with Crippen molar-refractivity contribution in [2.75, 3.05) is 12.0 Å². The number of nitrogens with zero attached hydrogens (tertiary/aromatic N) is 1. The summed E-state index contributed by atoms with van der Waals surface area (Å²) < 4.78 is 5.14. The van der Waals surface area contributed by atoms with Crippen LogP contribution in [0.2, 0.25) is 0 Å². The van der Waals surface area contributed by atoms with E-state index in [2.05, 4.69) is 4.98 Å². The van der Waals surface area contributed by atoms with Gasteiger partial charge in [0.1, 0.15) is 11.3 Å². The maximum Gasteiger partial charge on any atom is 0.271 e. The molecule has 118 valence electrons. The second-order valence-electron chi connectivity index (χ2n) is 5.40. The number of H-pyrrole nitrogens is 1. The van der Waals surface area contributed by atoms with Gasteiger partial charge >= 0.3 is 0 Å². The quantitative estimate of drug-likeness (QED) is 0.735. The Kier molecular flexibility index (Phi) is 2.99. The Morgan fingerprint density at radius 1 is 0.917 bits per heavy atom. The molecule has 0 spiro atoms. The molecule has 1 aliphatic heterocycles. The lowest BCUT2D eigenvalue weighted by atomic mass is 10.1. The van der Waals surface area contributed by atoms with Gasteiger partial charge in [-0.3, -0.25) is 14.4 Å². The Morgan fingerprint density at radius 3 is 2.46 bits per heavy atom. The Hall–Kier alpha value is -3.41. The summed E-state index contributed by atoms with van der Waals surface area (Å²) in [5, 5.41) is 0.552. The molecule has 4 rings (SSSR count). The number of fused-ring (bicyclic) bond motifs is 3. The summed E-state index contributed by atoms with van der Waals surface area (Å²) in [4.78, 5) is 41.6. The molecule has 0 radical (unpaired) electrons. The minimum absolute atomic E-state index is 0.124. The average Bonchev–Trinajstić information content (AvgIpc) is 2.87. The number of pyridine rings is 1. The van der Waals surface area contributed by atoms with Crippen LogP contribution in [0, 0.1) is 0 Å². The van der Waals surface area contributed by atoms with Crippen LogP contribution in [0.5, 0.6) is 5.75 Å². The maximum absolute atomic E-state index is 12.9. The lowest BCUT2D eigenvalue weighted by molar-refractivity contribution is 0.0926. The second kappa shape index (κ2) is 5.06. The van der Waals surface area contributed by atoms with E-state index in [0.717, 1.165) is 4.90 Å². The van der Waals surface area contributed by atoms with Gasteiger partial charge in [-0.1, -0.05) is 24.3 Å². The molecule has 2 heterocycles. The number of hydrogen-bond acceptors (Lipinski definition) is 4. The van der Waals surface area contributed by atoms with Gasteiger partial charge in [0.25, 0.3) is 17.4 Å². The smallest absolute Gasteiger partial charge is 0.271 e. The molecule has 3 aromatic rings. The van der Waals surface area contributed by atoms with Crippen LogP contribution in [-0.4, -0.2) is 23.9 Å². The molecule has 6 heteroatoms. The standard InChI is InChI=1S/C18H12N2O4/c1-24-11-6-4-5-10(9-11)20-17(22)14-12-7-2-3-8-13(12)19-16(21)15(14)18(20)23/h2-9H,1H3,(H,19,21). The first-order valence-electron chi connectivity index (χ1n) is 7.29. The van der Waals surface area contributed by atoms with Gasteiger partial charge in [-0.2, -0.15) is 0 Å². The van der Waals surface area contributed by atoms with Crippen molar-refractivity contribution in [2.45, 2.75) is 0 Å². The number of aromatic nitrogens is 1. The molecular weight excluding hydrogens is 308 g/mol. The molecule has 1 aliphatic rings. The van der Waals surface area contributed by atoms with Gasteiger partial charge in [0, 0.05) is 17.0 Å². The Morgan fingerprint density at radius 2 is 1.67 bits per heavy atom. The van der Waals surface area contributed by atoms with Crippen molar-refractivity contribution in [2.24, 2.45) is 0 Å². The van der Waals surface area contributed by atoms with Crippen molar-refractivity contribution < 1.29 is 14.3 Å². The van der Waals surface area contributed by atoms with Crippen molar-refractivity contribution in [3.63, 3.8) is 0 Å². The summed E-state index contributed by atoms with van der Waals surface area (Å²) in [6.07, 6.45) is 0. The molecule has 0 bridgehead atoms. The van der Waals surface area contributed by atoms with Gasteiger partial charge < -0.3 is 9.72 Å². The van der Waals surface area contributed by atoms with Crippen molar-refractivity contribution >= 4 is 28.4 Å². The fourth-order valence-electron chi connectivity index (χ4n) is 2.97. The molecule has 0 atom stereocenters. The monoisotopic (exact) mass is 320 g/mol. The summed E-state index contributed by atoms with van der Waals surface area (Å²) in [6, 6.07) is 13.5. The van der Waals surface area contributed by atoms with Crippen LogP contribution in [-0.2, 0) is 0 Å². The van der Waals surface area contributed by atoms with E-state index in [1.54, 1.807) is 48.5 Å². The van der Waals surface area contributed by atoms with E-state index in [0.29, 0.717) is 22.3 Å². The number of hydrogen-bond donors (Lipinski definition) is 1. The minimum Gasteiger partial charge on any atom is -0.497 e. The zero-order valence-electron chi connectivity index (χ0n) is 12.7. The topological polar surface area (TPSA) is 79.5 Å². The first-order valence-corrected chi connectivity index (χ1v) is 7.29. The molecular formula is C18H12N2O4. The molecule has 0 aliphatic carbocycles. The fourth-order valence-corrected chi connectivity index (χ4v) is 2.97. The summed E-state index contributed by atoms with van der Waals surface area (Å²) in [7, 11) is 1.50. The van der Waals surface area contributed by atoms with Gasteiger partial charge in [-0.15, -0.1) is 0 Å². The van der Waals surface area contributed by atoms with Crippen molar-refractivity contribution in [1.82, 2.24) is 4.98 Å². The lowest BCUT2D eigenvalue weighted by Gasteiger charge is -2.14. The summed E-state index contributed by atoms with van der Waals surface area (Å²) in [5.74, 6) is -0.622. The molecule has 0 unspecified atom stereocenters. The predicted molar refractivity (Wildman–Crippen MR) is 88.7 cm³/mol. The van der Waals surface area contributed by atoms with Crippen molar-refractivity contribution in [1.29, 1.82) is 0 Å². The second-order valence-corrected chi connectivity index (χ2v) is 5.40. The highest BCUT2D eigenvalue weighted by Gasteiger charge is 2.40. The molecule has 0 fully saturated rings. The minimum atomic E-state index is -0.629. The lowest BCUT2D eigenvalue weighted by Crippen LogP contribution is -2.30. The summed E-state index contributed by atoms with van der Waals surface area (Å²) >= 11 is 0. The first-order chi connectivity index (χ1) is 11.6. The third-order valence-electron chi connectivity index (χ3n) is 4.07. The SMILES string of the molecule is COc1cccc(N2C(=O)c3c(c4ccccc4[nH]c3=O)C2=O)c1. The highest BCUT2D eigenvalue weighted by Crippen LogP contribution is 2.32. The zero-order valence-corrected chi connectivity index (χ0v) is 12.7. The Balaban J connectivity index is 1.97. The van der Waals surface area contributed by atoms with E-state index in [4.69, 9.17) is 4.74 Å². The molecule has 6 nitrogen and oxygen atoms in total. The van der Waals surface area contributed by atoms with E-state index < -0.39 is 17.4 Å². The first kappa shape index (κ1) is 14.2. The van der Waals surface area contributed by atoms with Crippen LogP contribution < -0.4 is 15.2 Å². The number of anilines is 1. The average molecular weight is 320 g/mol. The Labute approximate surface area is 136 Å². The Bertz CT molecular complexity index is 1070. The third kappa shape index (κ3) is 1.86. The number of ether oxygens (including phenoxy) is 1. The van der Waals surface area contributed by atoms with E-state index in [9.17, 15) is 14.4 Å². The molecule has 24 heavy (non-hydrogen) atoms. The highest BCUT2D eigenvalue weighted by molar-refractivity contribution is 6.37. The molecule has 2 amide bonds. The van der Waals surface area contributed by atoms with Crippen LogP contribution >= 0.6 is 0 Å². The van der Waals surface area contributed by atoms with E-state index in [-0.39, 0.29) is 11.1 Å². The summed E-state index contributed by atoms with van der Waals surface area (Å²) in [5.41, 5.74) is 0.343. The number of imide groups is 1. The van der Waals surface area contributed by atoms with E-state index in [1.807, 2.05) is 0 Å². The maximum atomic E-state index is 12.9. The van der Waals surface area contributed by atoms with Gasteiger partial charge in [0.05, 0.1) is 18.4 Å². The zero-order chi connectivity index (χ0) is 16.8. The number of para-hydroxylation sites is 1. The third-order valence-corrected chi connectivity index (χ3v) is 4.07. The molecule has 1 N–H and O–H groups in total. The fraction of sp³-hybridized carbons (Fsp3) is 0.0556. The number of amides is 2. The largest absolute Gasteiger partial charge is 0.497 e. The van der Waals surface area contributed by atoms with Gasteiger partial charge in [-0.05, 0) is 18.2 Å². The van der Waals surface area contributed by atoms with Crippen LogP contribution in [0.1, 0.15) is 20.7 Å². The number of benzene rings is 2. The summed E-state index contributed by atoms with van der Waals surface area (Å²) in [6.45, 7) is 0. The van der Waals surface area contributed by atoms with Gasteiger partial charge in [0.2, 0.25) is 0 Å². The van der Waals surface area contributed by atoms with Crippen molar-refractivity contribution in [3.8, 4) is 5.75 Å². The van der Waals surface area contributed by atoms with Crippen molar-refractivity contribution in [3.05, 3.63) is 70.0 Å². The normalized spacial score (nSPS) is 13.5. The molecule has 1 aromatic heterocycles. The number of rotatable bonds is 2. The van der Waals surface area contributed by atoms with Crippen LogP contribution in [0.3, 0.4) is 0 Å². The van der Waals surface area contributed by atoms with Crippen LogP contribution in [0.15, 0.2) is 53.3 Å². The number of carbonyl (C=O) groups excluding carboxylic acids is 2. The predicted octanol–water partition coefficient (Wildman–Crippen LogP) is 2.34. The van der Waals surface area contributed by atoms with E-state index >= 15 is 0 Å². The van der Waals surface area contributed by atoms with Crippen LogP contribution in [0.4, 0.5) is 5.69 Å². The highest BCUT2D eigenvalue weighted by atomic mass is 16.5. The van der Waals surface area contributed by atoms with Gasteiger partial charge in [0.15, 0.2) is 0 Å². The van der Waals surface area contributed by atoms with Gasteiger partial charge in [-0.25, -0.2) is 4.90 Å².